The van der Waals surface area contributed by atoms with Crippen LogP contribution in [0.1, 0.15) is 55.9 Å². The average molecular weight is 502 g/mol. The molecule has 0 radical (unpaired) electrons. The highest BCUT2D eigenvalue weighted by Crippen LogP contribution is 2.24. The third kappa shape index (κ3) is 8.38. The summed E-state index contributed by atoms with van der Waals surface area (Å²) in [6.45, 7) is 11.7. The molecule has 0 saturated heterocycles. The van der Waals surface area contributed by atoms with E-state index in [1.165, 1.54) is 10.6 Å². The fourth-order valence-electron chi connectivity index (χ4n) is 3.85. The second kappa shape index (κ2) is 12.2. The molecule has 35 heavy (non-hydrogen) atoms. The van der Waals surface area contributed by atoms with Crippen LogP contribution in [-0.2, 0) is 26.2 Å². The maximum Gasteiger partial charge on any atom is 0.242 e. The Kier molecular flexibility index (Phi) is 9.89. The average Bonchev–Trinajstić information content (AvgIpc) is 2.76. The van der Waals surface area contributed by atoms with Crippen molar-refractivity contribution in [2.45, 2.75) is 73.0 Å². The number of aryl methyl sites for hydroxylation is 3. The van der Waals surface area contributed by atoms with Gasteiger partial charge in [0.1, 0.15) is 6.04 Å². The zero-order valence-corrected chi connectivity index (χ0v) is 22.8. The van der Waals surface area contributed by atoms with Gasteiger partial charge in [-0.25, -0.2) is 8.42 Å². The van der Waals surface area contributed by atoms with Crippen molar-refractivity contribution in [3.8, 4) is 0 Å². The molecule has 192 valence electrons. The van der Waals surface area contributed by atoms with Gasteiger partial charge in [-0.2, -0.15) is 0 Å². The minimum absolute atomic E-state index is 0.0397. The highest BCUT2D eigenvalue weighted by Gasteiger charge is 2.27. The molecule has 0 bridgehead atoms. The van der Waals surface area contributed by atoms with Crippen molar-refractivity contribution < 1.29 is 18.0 Å². The fraction of sp³-hybridized carbons (Fsp3) is 0.481. The van der Waals surface area contributed by atoms with E-state index in [2.05, 4.69) is 5.32 Å². The summed E-state index contributed by atoms with van der Waals surface area (Å²) in [6.07, 6.45) is 1.64. The second-order valence-electron chi connectivity index (χ2n) is 9.58. The Bertz CT molecular complexity index is 1130. The van der Waals surface area contributed by atoms with Crippen LogP contribution in [0, 0.1) is 20.8 Å². The number of hydrogen-bond acceptors (Lipinski definition) is 4. The topological polar surface area (TPSA) is 86.8 Å². The molecule has 2 amide bonds. The van der Waals surface area contributed by atoms with Gasteiger partial charge in [0.05, 0.1) is 11.9 Å². The van der Waals surface area contributed by atoms with Crippen LogP contribution < -0.4 is 9.62 Å². The zero-order valence-electron chi connectivity index (χ0n) is 22.0. The van der Waals surface area contributed by atoms with Crippen molar-refractivity contribution in [1.29, 1.82) is 0 Å². The van der Waals surface area contributed by atoms with Crippen LogP contribution in [0.4, 0.5) is 5.69 Å². The Balaban J connectivity index is 2.20. The molecule has 8 heteroatoms. The number of anilines is 1. The summed E-state index contributed by atoms with van der Waals surface area (Å²) < 4.78 is 26.5. The Hall–Kier alpha value is -2.87. The summed E-state index contributed by atoms with van der Waals surface area (Å²) in [5, 5.41) is 2.88. The third-order valence-corrected chi connectivity index (χ3v) is 7.04. The first-order valence-corrected chi connectivity index (χ1v) is 13.8. The molecule has 0 spiro atoms. The van der Waals surface area contributed by atoms with E-state index in [9.17, 15) is 18.0 Å². The van der Waals surface area contributed by atoms with Gasteiger partial charge in [-0.3, -0.25) is 13.9 Å². The smallest absolute Gasteiger partial charge is 0.242 e. The molecule has 1 N–H and O–H groups in total. The van der Waals surface area contributed by atoms with Crippen LogP contribution in [0.15, 0.2) is 42.5 Å². The SMILES string of the molecule is Cc1ccc(CN(C(=O)CCCN(c2cc(C)ccc2C)S(C)(=O)=O)[C@H](C)C(=O)NC(C)C)cc1. The minimum atomic E-state index is -3.53. The van der Waals surface area contributed by atoms with Gasteiger partial charge in [0.15, 0.2) is 0 Å². The van der Waals surface area contributed by atoms with Gasteiger partial charge in [-0.05, 0) is 70.7 Å². The first-order chi connectivity index (χ1) is 16.3. The number of nitrogens with one attached hydrogen (secondary N) is 1. The molecule has 0 aromatic heterocycles. The Morgan fingerprint density at radius 2 is 1.54 bits per heavy atom. The Morgan fingerprint density at radius 3 is 2.11 bits per heavy atom. The molecule has 0 heterocycles. The van der Waals surface area contributed by atoms with Crippen LogP contribution in [0.3, 0.4) is 0 Å². The van der Waals surface area contributed by atoms with Crippen molar-refractivity contribution in [3.05, 3.63) is 64.7 Å². The van der Waals surface area contributed by atoms with E-state index in [-0.39, 0.29) is 30.8 Å². The maximum atomic E-state index is 13.3. The Morgan fingerprint density at radius 1 is 0.943 bits per heavy atom. The van der Waals surface area contributed by atoms with Gasteiger partial charge < -0.3 is 10.2 Å². The van der Waals surface area contributed by atoms with Crippen LogP contribution in [0.25, 0.3) is 0 Å². The molecule has 0 aliphatic carbocycles. The fourth-order valence-corrected chi connectivity index (χ4v) is 4.86. The van der Waals surface area contributed by atoms with Crippen molar-refractivity contribution in [2.75, 3.05) is 17.1 Å². The number of amides is 2. The highest BCUT2D eigenvalue weighted by atomic mass is 32.2. The molecule has 0 saturated carbocycles. The number of hydrogen-bond donors (Lipinski definition) is 1. The van der Waals surface area contributed by atoms with Crippen LogP contribution in [0.5, 0.6) is 0 Å². The largest absolute Gasteiger partial charge is 0.352 e. The predicted octanol–water partition coefficient (Wildman–Crippen LogP) is 4.10. The summed E-state index contributed by atoms with van der Waals surface area (Å²) in [5.74, 6) is -0.403. The van der Waals surface area contributed by atoms with Crippen molar-refractivity contribution >= 4 is 27.5 Å². The second-order valence-corrected chi connectivity index (χ2v) is 11.5. The highest BCUT2D eigenvalue weighted by molar-refractivity contribution is 7.92. The molecule has 0 aliphatic rings. The molecule has 2 aromatic carbocycles. The maximum absolute atomic E-state index is 13.3. The van der Waals surface area contributed by atoms with Crippen molar-refractivity contribution in [2.24, 2.45) is 0 Å². The van der Waals surface area contributed by atoms with E-state index in [0.29, 0.717) is 18.7 Å². The summed E-state index contributed by atoms with van der Waals surface area (Å²) in [4.78, 5) is 27.6. The monoisotopic (exact) mass is 501 g/mol. The zero-order chi connectivity index (χ0) is 26.3. The first-order valence-electron chi connectivity index (χ1n) is 12.0. The summed E-state index contributed by atoms with van der Waals surface area (Å²) >= 11 is 0. The molecule has 0 aliphatic heterocycles. The lowest BCUT2D eigenvalue weighted by atomic mass is 10.1. The van der Waals surface area contributed by atoms with Gasteiger partial charge in [-0.15, -0.1) is 0 Å². The lowest BCUT2D eigenvalue weighted by Crippen LogP contribution is -2.49. The number of sulfonamides is 1. The van der Waals surface area contributed by atoms with Gasteiger partial charge in [0.25, 0.3) is 0 Å². The van der Waals surface area contributed by atoms with E-state index in [4.69, 9.17) is 0 Å². The van der Waals surface area contributed by atoms with E-state index in [1.54, 1.807) is 11.8 Å². The number of carbonyl (C=O) groups excluding carboxylic acids is 2. The van der Waals surface area contributed by atoms with Gasteiger partial charge in [-0.1, -0.05) is 42.0 Å². The molecule has 0 unspecified atom stereocenters. The minimum Gasteiger partial charge on any atom is -0.352 e. The molecule has 2 aromatic rings. The molecular formula is C27H39N3O4S. The summed E-state index contributed by atoms with van der Waals surface area (Å²) in [6, 6.07) is 12.8. The quantitative estimate of drug-likeness (QED) is 0.502. The van der Waals surface area contributed by atoms with Gasteiger partial charge >= 0.3 is 0 Å². The normalized spacial score (nSPS) is 12.3. The molecule has 7 nitrogen and oxygen atoms in total. The molecule has 0 fully saturated rings. The first kappa shape index (κ1) is 28.4. The van der Waals surface area contributed by atoms with Crippen LogP contribution in [-0.4, -0.2) is 50.0 Å². The molecule has 2 rings (SSSR count). The Labute approximate surface area is 210 Å². The van der Waals surface area contributed by atoms with Crippen LogP contribution in [0.2, 0.25) is 0 Å². The number of carbonyl (C=O) groups is 2. The van der Waals surface area contributed by atoms with Gasteiger partial charge in [0, 0.05) is 25.6 Å². The van der Waals surface area contributed by atoms with Gasteiger partial charge in [0.2, 0.25) is 21.8 Å². The van der Waals surface area contributed by atoms with Crippen molar-refractivity contribution in [3.63, 3.8) is 0 Å². The number of benzene rings is 2. The molecular weight excluding hydrogens is 462 g/mol. The predicted molar refractivity (Wildman–Crippen MR) is 142 cm³/mol. The van der Waals surface area contributed by atoms with E-state index in [1.807, 2.05) is 77.1 Å². The summed E-state index contributed by atoms with van der Waals surface area (Å²) in [7, 11) is -3.53. The van der Waals surface area contributed by atoms with E-state index < -0.39 is 16.1 Å². The molecule has 1 atom stereocenters. The summed E-state index contributed by atoms with van der Waals surface area (Å²) in [5.41, 5.74) is 4.49. The number of rotatable bonds is 11. The lowest BCUT2D eigenvalue weighted by Gasteiger charge is -2.30. The van der Waals surface area contributed by atoms with Crippen LogP contribution >= 0.6 is 0 Å². The number of nitrogens with zero attached hydrogens (tertiary/aromatic N) is 2. The standard InChI is InChI=1S/C27H39N3O4S/c1-19(2)28-27(32)23(6)29(18-24-14-11-20(3)12-15-24)26(31)9-8-16-30(35(7,33)34)25-17-21(4)10-13-22(25)5/h10-15,17,19,23H,8-9,16,18H2,1-7H3,(H,28,32)/t23-/m1/s1. The van der Waals surface area contributed by atoms with E-state index >= 15 is 0 Å². The third-order valence-electron chi connectivity index (χ3n) is 5.86. The van der Waals surface area contributed by atoms with E-state index in [0.717, 1.165) is 22.3 Å². The van der Waals surface area contributed by atoms with Crippen molar-refractivity contribution in [1.82, 2.24) is 10.2 Å². The lowest BCUT2D eigenvalue weighted by molar-refractivity contribution is -0.140.